The SMILES string of the molecule is Nc1cc(N)[n+](N)c(SCC2=C(C(=O)O)N3C(=O)C(NC(=O)/C=N\OCc4csc(N)n4)C3SC2)n1. The molecule has 2 aliphatic rings. The van der Waals surface area contributed by atoms with Crippen molar-refractivity contribution in [2.75, 3.05) is 34.5 Å². The van der Waals surface area contributed by atoms with Crippen LogP contribution in [0.4, 0.5) is 16.8 Å². The third-order valence-corrected chi connectivity index (χ3v) is 8.06. The summed E-state index contributed by atoms with van der Waals surface area (Å²) in [5, 5.41) is 17.7. The highest BCUT2D eigenvalue weighted by Crippen LogP contribution is 2.41. The van der Waals surface area contributed by atoms with Crippen LogP contribution in [0.1, 0.15) is 5.69 Å². The number of aromatic nitrogens is 3. The summed E-state index contributed by atoms with van der Waals surface area (Å²) in [6.07, 6.45) is 0.890. The standard InChI is InChI=1S/C18H20N10O5S3/c19-9-1-10(20)28(22)18(25-9)36-5-7-4-34-15-12(14(30)27(15)13(7)16(31)32)26-11(29)2-23-33-3-8-6-35-17(21)24-8/h1-2,6,12,15H,3-5,22H2,(H7,19,20,21,24,26,29,31,32)/p+1/b23-2-. The fourth-order valence-corrected chi connectivity index (χ4v) is 6.32. The van der Waals surface area contributed by atoms with Crippen LogP contribution in [0.5, 0.6) is 0 Å². The van der Waals surface area contributed by atoms with E-state index in [0.717, 1.165) is 27.6 Å². The highest BCUT2D eigenvalue weighted by atomic mass is 32.2. The lowest BCUT2D eigenvalue weighted by atomic mass is 10.0. The lowest BCUT2D eigenvalue weighted by Crippen LogP contribution is -2.70. The average Bonchev–Trinajstić information content (AvgIpc) is 3.25. The van der Waals surface area contributed by atoms with E-state index in [-0.39, 0.29) is 34.8 Å². The number of β-lactam (4-membered cyclic amide) rings is 1. The summed E-state index contributed by atoms with van der Waals surface area (Å²) >= 11 is 3.71. The van der Waals surface area contributed by atoms with Gasteiger partial charge in [0.05, 0.1) is 11.8 Å². The molecule has 0 bridgehead atoms. The van der Waals surface area contributed by atoms with E-state index >= 15 is 0 Å². The highest BCUT2D eigenvalue weighted by molar-refractivity contribution is 8.01. The molecule has 0 aromatic carbocycles. The van der Waals surface area contributed by atoms with E-state index in [4.69, 9.17) is 27.9 Å². The fraction of sp³-hybridized carbons (Fsp3) is 0.278. The molecule has 2 aromatic heterocycles. The number of amides is 2. The summed E-state index contributed by atoms with van der Waals surface area (Å²) in [6, 6.07) is 0.492. The molecule has 190 valence electrons. The molecule has 0 spiro atoms. The molecule has 2 amide bonds. The van der Waals surface area contributed by atoms with Crippen LogP contribution in [0.25, 0.3) is 0 Å². The Labute approximate surface area is 215 Å². The van der Waals surface area contributed by atoms with Gasteiger partial charge in [0.1, 0.15) is 23.3 Å². The highest BCUT2D eigenvalue weighted by Gasteiger charge is 2.54. The second-order valence-electron chi connectivity index (χ2n) is 7.39. The van der Waals surface area contributed by atoms with Crippen LogP contribution >= 0.6 is 34.9 Å². The Kier molecular flexibility index (Phi) is 7.36. The monoisotopic (exact) mass is 553 g/mol. The number of fused-ring (bicyclic) bond motifs is 1. The number of nitrogens with two attached hydrogens (primary N) is 4. The van der Waals surface area contributed by atoms with Crippen molar-refractivity contribution in [3.63, 3.8) is 0 Å². The Hall–Kier alpha value is -3.77. The number of rotatable bonds is 9. The molecule has 1 saturated heterocycles. The number of anilines is 3. The molecule has 15 nitrogen and oxygen atoms in total. The summed E-state index contributed by atoms with van der Waals surface area (Å²) < 4.78 is 1.14. The zero-order chi connectivity index (χ0) is 26.0. The predicted molar refractivity (Wildman–Crippen MR) is 134 cm³/mol. The van der Waals surface area contributed by atoms with Crippen LogP contribution in [-0.4, -0.2) is 66.9 Å². The van der Waals surface area contributed by atoms with Gasteiger partial charge in [0.15, 0.2) is 11.7 Å². The Bertz CT molecular complexity index is 1280. The van der Waals surface area contributed by atoms with Gasteiger partial charge in [0.2, 0.25) is 11.6 Å². The average molecular weight is 554 g/mol. The van der Waals surface area contributed by atoms with Gasteiger partial charge in [-0.15, -0.1) is 27.8 Å². The topological polar surface area (TPSA) is 242 Å². The molecular formula is C18H21N10O5S3+. The minimum Gasteiger partial charge on any atom is -0.477 e. The third-order valence-electron chi connectivity index (χ3n) is 4.95. The van der Waals surface area contributed by atoms with Crippen LogP contribution in [-0.2, 0) is 25.8 Å². The van der Waals surface area contributed by atoms with Crippen molar-refractivity contribution < 1.29 is 29.0 Å². The number of thiazole rings is 1. The molecule has 10 N–H and O–H groups in total. The zero-order valence-corrected chi connectivity index (χ0v) is 20.8. The Balaban J connectivity index is 1.37. The molecule has 0 radical (unpaired) electrons. The summed E-state index contributed by atoms with van der Waals surface area (Å²) in [4.78, 5) is 51.2. The van der Waals surface area contributed by atoms with Crippen molar-refractivity contribution in [2.45, 2.75) is 23.2 Å². The number of oxime groups is 1. The van der Waals surface area contributed by atoms with Crippen molar-refractivity contribution >= 4 is 75.6 Å². The predicted octanol–water partition coefficient (Wildman–Crippen LogP) is -1.68. The number of hydrogen-bond donors (Lipinski definition) is 6. The van der Waals surface area contributed by atoms with Crippen LogP contribution in [0, 0.1) is 0 Å². The second kappa shape index (κ2) is 10.5. The first kappa shape index (κ1) is 25.3. The Morgan fingerprint density at radius 1 is 1.39 bits per heavy atom. The number of thioether (sulfide) groups is 2. The number of nitrogen functional groups attached to an aromatic ring is 4. The molecule has 18 heteroatoms. The number of carbonyl (C=O) groups is 3. The van der Waals surface area contributed by atoms with Gasteiger partial charge >= 0.3 is 11.1 Å². The summed E-state index contributed by atoms with van der Waals surface area (Å²) in [5.74, 6) is 4.25. The molecule has 0 saturated carbocycles. The number of aliphatic carboxylic acids is 1. The van der Waals surface area contributed by atoms with Gasteiger partial charge in [-0.2, -0.15) is 0 Å². The van der Waals surface area contributed by atoms with Crippen LogP contribution in [0.2, 0.25) is 0 Å². The van der Waals surface area contributed by atoms with Crippen molar-refractivity contribution in [1.82, 2.24) is 20.2 Å². The summed E-state index contributed by atoms with van der Waals surface area (Å²) in [7, 11) is 0. The van der Waals surface area contributed by atoms with Crippen molar-refractivity contribution in [1.29, 1.82) is 0 Å². The van der Waals surface area contributed by atoms with Gasteiger partial charge in [0.25, 0.3) is 11.8 Å². The van der Waals surface area contributed by atoms with Gasteiger partial charge in [-0.25, -0.2) is 9.78 Å². The lowest BCUT2D eigenvalue weighted by molar-refractivity contribution is -0.667. The molecule has 4 rings (SSSR count). The quantitative estimate of drug-likeness (QED) is 0.0387. The Morgan fingerprint density at radius 3 is 2.86 bits per heavy atom. The Morgan fingerprint density at radius 2 is 2.17 bits per heavy atom. The molecule has 2 aliphatic heterocycles. The van der Waals surface area contributed by atoms with E-state index < -0.39 is 29.2 Å². The first-order valence-electron chi connectivity index (χ1n) is 10.1. The number of nitrogens with zero attached hydrogens (tertiary/aromatic N) is 5. The molecule has 36 heavy (non-hydrogen) atoms. The van der Waals surface area contributed by atoms with E-state index in [2.05, 4.69) is 20.4 Å². The maximum atomic E-state index is 12.8. The number of nitrogens with one attached hydrogen (secondary N) is 1. The molecule has 0 aliphatic carbocycles. The van der Waals surface area contributed by atoms with E-state index in [9.17, 15) is 19.5 Å². The minimum absolute atomic E-state index is 0.0293. The fourth-order valence-electron chi connectivity index (χ4n) is 3.34. The second-order valence-corrected chi connectivity index (χ2v) is 10.3. The summed E-state index contributed by atoms with van der Waals surface area (Å²) in [6.45, 7) is 0.0293. The molecule has 2 aromatic rings. The van der Waals surface area contributed by atoms with Gasteiger partial charge in [-0.1, -0.05) is 10.1 Å². The zero-order valence-electron chi connectivity index (χ0n) is 18.4. The van der Waals surface area contributed by atoms with Crippen LogP contribution < -0.4 is 33.0 Å². The van der Waals surface area contributed by atoms with Gasteiger partial charge < -0.3 is 32.5 Å². The molecule has 1 fully saturated rings. The molecule has 4 heterocycles. The summed E-state index contributed by atoms with van der Waals surface area (Å²) in [5.41, 5.74) is 17.9. The van der Waals surface area contributed by atoms with E-state index in [1.54, 1.807) is 5.38 Å². The van der Waals surface area contributed by atoms with E-state index in [1.165, 1.54) is 29.2 Å². The van der Waals surface area contributed by atoms with Crippen molar-refractivity contribution in [3.05, 3.63) is 28.4 Å². The smallest absolute Gasteiger partial charge is 0.352 e. The van der Waals surface area contributed by atoms with Gasteiger partial charge in [-0.05, 0) is 17.3 Å². The largest absolute Gasteiger partial charge is 0.477 e. The normalized spacial score (nSPS) is 19.2. The van der Waals surface area contributed by atoms with Crippen LogP contribution in [0.3, 0.4) is 0 Å². The van der Waals surface area contributed by atoms with E-state index in [0.29, 0.717) is 22.2 Å². The van der Waals surface area contributed by atoms with Gasteiger partial charge in [0, 0.05) is 16.9 Å². The third kappa shape index (κ3) is 5.24. The number of carboxylic acids is 1. The van der Waals surface area contributed by atoms with Gasteiger partial charge in [-0.3, -0.25) is 20.3 Å². The van der Waals surface area contributed by atoms with E-state index in [1.807, 2.05) is 0 Å². The first-order valence-corrected chi connectivity index (χ1v) is 13.0. The lowest BCUT2D eigenvalue weighted by Gasteiger charge is -2.49. The number of carboxylic acid groups (broad SMARTS) is 1. The van der Waals surface area contributed by atoms with Crippen molar-refractivity contribution in [2.24, 2.45) is 5.16 Å². The molecule has 2 atom stereocenters. The van der Waals surface area contributed by atoms with Crippen LogP contribution in [0.15, 0.2) is 33.0 Å². The number of hydrogen-bond acceptors (Lipinski definition) is 14. The van der Waals surface area contributed by atoms with Crippen molar-refractivity contribution in [3.8, 4) is 0 Å². The first-order chi connectivity index (χ1) is 17.2. The minimum atomic E-state index is -1.26. The maximum absolute atomic E-state index is 12.8. The maximum Gasteiger partial charge on any atom is 0.352 e. The number of carbonyl (C=O) groups excluding carboxylic acids is 2. The molecular weight excluding hydrogens is 532 g/mol. The molecule has 2 unspecified atom stereocenters.